The minimum absolute atomic E-state index is 0.202. The molecule has 0 fully saturated rings. The first kappa shape index (κ1) is 17.5. The Labute approximate surface area is 141 Å². The molecule has 0 aliphatic heterocycles. The fraction of sp³-hybridized carbons (Fsp3) is 0.353. The number of methoxy groups -OCH3 is 2. The summed E-state index contributed by atoms with van der Waals surface area (Å²) in [5.41, 5.74) is 0.784. The van der Waals surface area contributed by atoms with Gasteiger partial charge in [0.2, 0.25) is 0 Å². The van der Waals surface area contributed by atoms with Crippen LogP contribution in [0, 0.1) is 6.92 Å². The highest BCUT2D eigenvalue weighted by atomic mass is 16.5. The van der Waals surface area contributed by atoms with Gasteiger partial charge in [-0.3, -0.25) is 4.79 Å². The Morgan fingerprint density at radius 3 is 2.50 bits per heavy atom. The Balaban J connectivity index is 2.28. The first-order valence-electron chi connectivity index (χ1n) is 7.58. The number of carbonyl (C=O) groups excluding carboxylic acids is 1. The number of hydrogen-bond acceptors (Lipinski definition) is 6. The van der Waals surface area contributed by atoms with Gasteiger partial charge in [0.1, 0.15) is 28.8 Å². The lowest BCUT2D eigenvalue weighted by molar-refractivity contribution is 0.102. The molecule has 2 rings (SSSR count). The summed E-state index contributed by atoms with van der Waals surface area (Å²) in [6.07, 6.45) is 0. The van der Waals surface area contributed by atoms with Gasteiger partial charge in [0.05, 0.1) is 19.9 Å². The van der Waals surface area contributed by atoms with E-state index in [-0.39, 0.29) is 17.6 Å². The molecule has 1 heterocycles. The van der Waals surface area contributed by atoms with Crippen LogP contribution >= 0.6 is 0 Å². The third kappa shape index (κ3) is 4.34. The van der Waals surface area contributed by atoms with E-state index >= 15 is 0 Å². The molecule has 0 saturated carbocycles. The van der Waals surface area contributed by atoms with Crippen LogP contribution in [-0.2, 0) is 0 Å². The first-order valence-corrected chi connectivity index (χ1v) is 7.58. The van der Waals surface area contributed by atoms with Crippen molar-refractivity contribution in [2.24, 2.45) is 0 Å². The first-order chi connectivity index (χ1) is 11.4. The number of anilines is 2. The molecule has 0 atom stereocenters. The smallest absolute Gasteiger partial charge is 0.274 e. The van der Waals surface area contributed by atoms with Crippen LogP contribution in [0.4, 0.5) is 11.5 Å². The molecule has 1 aromatic carbocycles. The van der Waals surface area contributed by atoms with E-state index in [0.717, 1.165) is 0 Å². The number of rotatable bonds is 6. The molecule has 24 heavy (non-hydrogen) atoms. The van der Waals surface area contributed by atoms with Crippen LogP contribution in [0.5, 0.6) is 11.5 Å². The monoisotopic (exact) mass is 330 g/mol. The number of hydrogen-bond donors (Lipinski definition) is 2. The van der Waals surface area contributed by atoms with Crippen LogP contribution in [0.2, 0.25) is 0 Å². The molecule has 1 amide bonds. The van der Waals surface area contributed by atoms with Crippen LogP contribution in [0.3, 0.4) is 0 Å². The predicted octanol–water partition coefficient (Wildman–Crippen LogP) is 2.87. The number of amides is 1. The van der Waals surface area contributed by atoms with Gasteiger partial charge in [-0.15, -0.1) is 0 Å². The van der Waals surface area contributed by atoms with Gasteiger partial charge >= 0.3 is 0 Å². The number of carbonyl (C=O) groups is 1. The lowest BCUT2D eigenvalue weighted by Crippen LogP contribution is -2.18. The molecule has 7 heteroatoms. The van der Waals surface area contributed by atoms with Crippen LogP contribution < -0.4 is 20.1 Å². The van der Waals surface area contributed by atoms with Gasteiger partial charge in [0, 0.05) is 18.2 Å². The van der Waals surface area contributed by atoms with Gasteiger partial charge in [-0.1, -0.05) is 0 Å². The number of nitrogens with zero attached hydrogens (tertiary/aromatic N) is 2. The maximum atomic E-state index is 12.5. The average molecular weight is 330 g/mol. The molecular weight excluding hydrogens is 308 g/mol. The highest BCUT2D eigenvalue weighted by Crippen LogP contribution is 2.29. The van der Waals surface area contributed by atoms with E-state index in [4.69, 9.17) is 9.47 Å². The second kappa shape index (κ2) is 7.63. The normalized spacial score (nSPS) is 10.4. The SMILES string of the molecule is COc1ccc(OC)c(NC(=O)c2cc(NC(C)C)nc(C)n2)c1. The summed E-state index contributed by atoms with van der Waals surface area (Å²) >= 11 is 0. The van der Waals surface area contributed by atoms with E-state index in [1.807, 2.05) is 13.8 Å². The molecule has 0 unspecified atom stereocenters. The summed E-state index contributed by atoms with van der Waals surface area (Å²) in [7, 11) is 3.10. The van der Waals surface area contributed by atoms with Crippen molar-refractivity contribution < 1.29 is 14.3 Å². The molecule has 128 valence electrons. The van der Waals surface area contributed by atoms with Crippen molar-refractivity contribution >= 4 is 17.4 Å². The number of benzene rings is 1. The molecule has 0 radical (unpaired) electrons. The van der Waals surface area contributed by atoms with Crippen molar-refractivity contribution in [1.29, 1.82) is 0 Å². The molecule has 0 bridgehead atoms. The molecular formula is C17H22N4O3. The van der Waals surface area contributed by atoms with E-state index in [2.05, 4.69) is 20.6 Å². The molecule has 7 nitrogen and oxygen atoms in total. The zero-order chi connectivity index (χ0) is 17.7. The Bertz CT molecular complexity index is 732. The van der Waals surface area contributed by atoms with E-state index in [9.17, 15) is 4.79 Å². The fourth-order valence-electron chi connectivity index (χ4n) is 2.15. The predicted molar refractivity (Wildman–Crippen MR) is 93.0 cm³/mol. The van der Waals surface area contributed by atoms with Crippen LogP contribution in [0.25, 0.3) is 0 Å². The minimum Gasteiger partial charge on any atom is -0.497 e. The number of aromatic nitrogens is 2. The molecule has 0 saturated heterocycles. The Hall–Kier alpha value is -2.83. The summed E-state index contributed by atoms with van der Waals surface area (Å²) < 4.78 is 10.4. The summed E-state index contributed by atoms with van der Waals surface area (Å²) in [4.78, 5) is 21.0. The summed E-state index contributed by atoms with van der Waals surface area (Å²) in [5.74, 6) is 1.94. The summed E-state index contributed by atoms with van der Waals surface area (Å²) in [6.45, 7) is 5.74. The van der Waals surface area contributed by atoms with E-state index in [1.54, 1.807) is 38.3 Å². The Kier molecular flexibility index (Phi) is 5.57. The van der Waals surface area contributed by atoms with Crippen LogP contribution in [0.1, 0.15) is 30.2 Å². The van der Waals surface area contributed by atoms with Crippen LogP contribution in [0.15, 0.2) is 24.3 Å². The Morgan fingerprint density at radius 2 is 1.88 bits per heavy atom. The molecule has 0 spiro atoms. The van der Waals surface area contributed by atoms with Gasteiger partial charge in [-0.2, -0.15) is 0 Å². The lowest BCUT2D eigenvalue weighted by Gasteiger charge is -2.13. The Morgan fingerprint density at radius 1 is 1.12 bits per heavy atom. The maximum absolute atomic E-state index is 12.5. The summed E-state index contributed by atoms with van der Waals surface area (Å²) in [6, 6.07) is 7.00. The van der Waals surface area contributed by atoms with E-state index < -0.39 is 0 Å². The van der Waals surface area contributed by atoms with E-state index in [1.165, 1.54) is 7.11 Å². The van der Waals surface area contributed by atoms with Crippen molar-refractivity contribution in [3.05, 3.63) is 35.8 Å². The van der Waals surface area contributed by atoms with Crippen molar-refractivity contribution in [3.63, 3.8) is 0 Å². The van der Waals surface area contributed by atoms with Gasteiger partial charge in [-0.05, 0) is 32.9 Å². The highest BCUT2D eigenvalue weighted by molar-refractivity contribution is 6.04. The van der Waals surface area contributed by atoms with Crippen LogP contribution in [-0.4, -0.2) is 36.1 Å². The molecule has 2 aromatic rings. The van der Waals surface area contributed by atoms with Gasteiger partial charge in [-0.25, -0.2) is 9.97 Å². The summed E-state index contributed by atoms with van der Waals surface area (Å²) in [5, 5.41) is 5.97. The number of ether oxygens (including phenoxy) is 2. The van der Waals surface area contributed by atoms with Gasteiger partial charge in [0.15, 0.2) is 0 Å². The molecule has 0 aliphatic rings. The average Bonchev–Trinajstić information content (AvgIpc) is 2.53. The van der Waals surface area contributed by atoms with Crippen molar-refractivity contribution in [2.75, 3.05) is 24.9 Å². The van der Waals surface area contributed by atoms with Crippen molar-refractivity contribution in [1.82, 2.24) is 9.97 Å². The largest absolute Gasteiger partial charge is 0.497 e. The van der Waals surface area contributed by atoms with Crippen molar-refractivity contribution in [3.8, 4) is 11.5 Å². The number of aryl methyl sites for hydroxylation is 1. The topological polar surface area (TPSA) is 85.4 Å². The lowest BCUT2D eigenvalue weighted by atomic mass is 10.2. The third-order valence-electron chi connectivity index (χ3n) is 3.16. The van der Waals surface area contributed by atoms with Gasteiger partial charge < -0.3 is 20.1 Å². The van der Waals surface area contributed by atoms with Crippen molar-refractivity contribution in [2.45, 2.75) is 26.8 Å². The quantitative estimate of drug-likeness (QED) is 0.847. The van der Waals surface area contributed by atoms with Gasteiger partial charge in [0.25, 0.3) is 5.91 Å². The minimum atomic E-state index is -0.348. The second-order valence-corrected chi connectivity index (χ2v) is 5.51. The molecule has 1 aromatic heterocycles. The fourth-order valence-corrected chi connectivity index (χ4v) is 2.15. The molecule has 0 aliphatic carbocycles. The van der Waals surface area contributed by atoms with E-state index in [0.29, 0.717) is 28.8 Å². The zero-order valence-corrected chi connectivity index (χ0v) is 14.5. The second-order valence-electron chi connectivity index (χ2n) is 5.51. The highest BCUT2D eigenvalue weighted by Gasteiger charge is 2.14. The number of nitrogens with one attached hydrogen (secondary N) is 2. The third-order valence-corrected chi connectivity index (χ3v) is 3.16. The zero-order valence-electron chi connectivity index (χ0n) is 14.5. The maximum Gasteiger partial charge on any atom is 0.274 e. The standard InChI is InChI=1S/C17H22N4O3/c1-10(2)18-16-9-14(19-11(3)20-16)17(22)21-13-8-12(23-4)6-7-15(13)24-5/h6-10H,1-5H3,(H,21,22)(H,18,19,20). The molecule has 2 N–H and O–H groups in total.